The zero-order valence-corrected chi connectivity index (χ0v) is 10.8. The minimum atomic E-state index is -0.397. The molecule has 1 aromatic rings. The second-order valence-electron chi connectivity index (χ2n) is 4.66. The van der Waals surface area contributed by atoms with Gasteiger partial charge in [0.2, 0.25) is 6.41 Å². The minimum absolute atomic E-state index is 0.0152. The van der Waals surface area contributed by atoms with Crippen LogP contribution in [0.15, 0.2) is 24.3 Å². The molecule has 1 aliphatic heterocycles. The van der Waals surface area contributed by atoms with Crippen LogP contribution >= 0.6 is 0 Å². The Labute approximate surface area is 112 Å². The van der Waals surface area contributed by atoms with Gasteiger partial charge in [0.1, 0.15) is 6.04 Å². The van der Waals surface area contributed by atoms with Crippen molar-refractivity contribution in [1.29, 1.82) is 0 Å². The minimum Gasteiger partial charge on any atom is -0.332 e. The Bertz CT molecular complexity index is 445. The molecule has 102 valence electrons. The summed E-state index contributed by atoms with van der Waals surface area (Å²) in [5.74, 6) is -0.0152. The van der Waals surface area contributed by atoms with Gasteiger partial charge in [-0.2, -0.15) is 0 Å². The van der Waals surface area contributed by atoms with Gasteiger partial charge in [-0.05, 0) is 18.5 Å². The smallest absolute Gasteiger partial charge is 0.210 e. The van der Waals surface area contributed by atoms with Crippen molar-refractivity contribution in [2.75, 3.05) is 26.2 Å². The zero-order chi connectivity index (χ0) is 13.7. The van der Waals surface area contributed by atoms with Crippen molar-refractivity contribution in [3.8, 4) is 0 Å². The summed E-state index contributed by atoms with van der Waals surface area (Å²) in [6.45, 7) is 2.42. The van der Waals surface area contributed by atoms with Crippen LogP contribution in [0, 0.1) is 0 Å². The number of carbonyl (C=O) groups excluding carboxylic acids is 2. The van der Waals surface area contributed by atoms with Crippen molar-refractivity contribution >= 4 is 12.2 Å². The van der Waals surface area contributed by atoms with E-state index in [1.165, 1.54) is 0 Å². The predicted octanol–water partition coefficient (Wildman–Crippen LogP) is -0.199. The van der Waals surface area contributed by atoms with Crippen LogP contribution in [0.25, 0.3) is 0 Å². The molecule has 1 atom stereocenters. The number of hydrogen-bond acceptors (Lipinski definition) is 4. The first-order valence-corrected chi connectivity index (χ1v) is 6.51. The number of nitrogens with zero attached hydrogens (tertiary/aromatic N) is 1. The largest absolute Gasteiger partial charge is 0.332 e. The molecule has 1 aliphatic rings. The molecular weight excluding hydrogens is 242 g/mol. The van der Waals surface area contributed by atoms with E-state index in [1.807, 2.05) is 24.3 Å². The molecule has 0 aliphatic carbocycles. The van der Waals surface area contributed by atoms with Gasteiger partial charge in [0, 0.05) is 25.2 Å². The van der Waals surface area contributed by atoms with E-state index in [1.54, 1.807) is 4.90 Å². The van der Waals surface area contributed by atoms with E-state index in [-0.39, 0.29) is 5.78 Å². The van der Waals surface area contributed by atoms with Crippen molar-refractivity contribution in [1.82, 2.24) is 10.2 Å². The van der Waals surface area contributed by atoms with Crippen molar-refractivity contribution in [2.45, 2.75) is 12.5 Å². The van der Waals surface area contributed by atoms with E-state index in [4.69, 9.17) is 5.73 Å². The summed E-state index contributed by atoms with van der Waals surface area (Å²) < 4.78 is 0. The van der Waals surface area contributed by atoms with Crippen LogP contribution in [0.2, 0.25) is 0 Å². The number of piperazine rings is 1. The SMILES string of the molecule is NCCc1ccc(C(=O)C2CNCCN2C=O)cc1. The Kier molecular flexibility index (Phi) is 4.65. The third kappa shape index (κ3) is 3.19. The molecule has 3 N–H and O–H groups in total. The average molecular weight is 261 g/mol. The van der Waals surface area contributed by atoms with Gasteiger partial charge < -0.3 is 16.0 Å². The maximum atomic E-state index is 12.4. The van der Waals surface area contributed by atoms with Crippen molar-refractivity contribution in [3.05, 3.63) is 35.4 Å². The monoisotopic (exact) mass is 261 g/mol. The lowest BCUT2D eigenvalue weighted by molar-refractivity contribution is -0.120. The van der Waals surface area contributed by atoms with Gasteiger partial charge in [0.05, 0.1) is 0 Å². The number of hydrogen-bond donors (Lipinski definition) is 2. The lowest BCUT2D eigenvalue weighted by Gasteiger charge is -2.32. The highest BCUT2D eigenvalue weighted by molar-refractivity contribution is 6.01. The maximum absolute atomic E-state index is 12.4. The number of nitrogens with one attached hydrogen (secondary N) is 1. The fourth-order valence-electron chi connectivity index (χ4n) is 2.28. The molecule has 0 saturated carbocycles. The van der Waals surface area contributed by atoms with Gasteiger partial charge in [0.15, 0.2) is 5.78 Å². The number of ketones is 1. The first kappa shape index (κ1) is 13.7. The summed E-state index contributed by atoms with van der Waals surface area (Å²) in [7, 11) is 0. The highest BCUT2D eigenvalue weighted by Gasteiger charge is 2.28. The van der Waals surface area contributed by atoms with Gasteiger partial charge in [-0.15, -0.1) is 0 Å². The summed E-state index contributed by atoms with van der Waals surface area (Å²) in [5.41, 5.74) is 7.25. The summed E-state index contributed by atoms with van der Waals surface area (Å²) in [6.07, 6.45) is 1.56. The number of benzene rings is 1. The van der Waals surface area contributed by atoms with Crippen LogP contribution in [0.4, 0.5) is 0 Å². The third-order valence-corrected chi connectivity index (χ3v) is 3.39. The number of nitrogens with two attached hydrogens (primary N) is 1. The molecule has 5 heteroatoms. The quantitative estimate of drug-likeness (QED) is 0.568. The molecule has 19 heavy (non-hydrogen) atoms. The normalized spacial score (nSPS) is 19.2. The molecule has 1 heterocycles. The lowest BCUT2D eigenvalue weighted by Crippen LogP contribution is -2.54. The van der Waals surface area contributed by atoms with Crippen molar-refractivity contribution in [3.63, 3.8) is 0 Å². The lowest BCUT2D eigenvalue weighted by atomic mass is 10.00. The van der Waals surface area contributed by atoms with Gasteiger partial charge in [0.25, 0.3) is 0 Å². The molecule has 0 aromatic heterocycles. The molecule has 1 saturated heterocycles. The first-order chi connectivity index (χ1) is 9.26. The Morgan fingerprint density at radius 3 is 2.79 bits per heavy atom. The molecule has 0 bridgehead atoms. The summed E-state index contributed by atoms with van der Waals surface area (Å²) in [6, 6.07) is 7.06. The predicted molar refractivity (Wildman–Crippen MR) is 73.0 cm³/mol. The first-order valence-electron chi connectivity index (χ1n) is 6.51. The van der Waals surface area contributed by atoms with Crippen LogP contribution in [0.1, 0.15) is 15.9 Å². The maximum Gasteiger partial charge on any atom is 0.210 e. The zero-order valence-electron chi connectivity index (χ0n) is 10.8. The Morgan fingerprint density at radius 1 is 1.42 bits per heavy atom. The van der Waals surface area contributed by atoms with E-state index in [2.05, 4.69) is 5.32 Å². The van der Waals surface area contributed by atoms with Crippen LogP contribution in [-0.2, 0) is 11.2 Å². The fourth-order valence-corrected chi connectivity index (χ4v) is 2.28. The van der Waals surface area contributed by atoms with E-state index in [9.17, 15) is 9.59 Å². The molecule has 1 unspecified atom stereocenters. The summed E-state index contributed by atoms with van der Waals surface area (Å²) >= 11 is 0. The van der Waals surface area contributed by atoms with Crippen molar-refractivity contribution < 1.29 is 9.59 Å². The number of rotatable bonds is 5. The Hall–Kier alpha value is -1.72. The van der Waals surface area contributed by atoms with Crippen LogP contribution in [0.3, 0.4) is 0 Å². The Balaban J connectivity index is 2.11. The second kappa shape index (κ2) is 6.45. The van der Waals surface area contributed by atoms with Gasteiger partial charge in [-0.1, -0.05) is 24.3 Å². The van der Waals surface area contributed by atoms with Crippen molar-refractivity contribution in [2.24, 2.45) is 5.73 Å². The molecular formula is C14H19N3O2. The fraction of sp³-hybridized carbons (Fsp3) is 0.429. The highest BCUT2D eigenvalue weighted by atomic mass is 16.1. The standard InChI is InChI=1S/C14H19N3O2/c15-6-5-11-1-3-12(4-2-11)14(19)13-9-16-7-8-17(13)10-18/h1-4,10,13,16H,5-9,15H2. The van der Waals surface area contributed by atoms with E-state index in [0.717, 1.165) is 24.9 Å². The average Bonchev–Trinajstić information content (AvgIpc) is 2.47. The topological polar surface area (TPSA) is 75.4 Å². The summed E-state index contributed by atoms with van der Waals surface area (Å²) in [5, 5.41) is 3.14. The molecule has 2 rings (SSSR count). The Morgan fingerprint density at radius 2 is 2.16 bits per heavy atom. The van der Waals surface area contributed by atoms with Gasteiger partial charge >= 0.3 is 0 Å². The second-order valence-corrected chi connectivity index (χ2v) is 4.66. The molecule has 1 fully saturated rings. The number of carbonyl (C=O) groups is 2. The molecule has 0 radical (unpaired) electrons. The number of Topliss-reactive ketones (excluding diaryl/α,β-unsaturated/α-hetero) is 1. The summed E-state index contributed by atoms with van der Waals surface area (Å²) in [4.78, 5) is 24.9. The van der Waals surface area contributed by atoms with Crippen LogP contribution in [0.5, 0.6) is 0 Å². The van der Waals surface area contributed by atoms with Gasteiger partial charge in [-0.25, -0.2) is 0 Å². The molecule has 1 aromatic carbocycles. The highest BCUT2D eigenvalue weighted by Crippen LogP contribution is 2.11. The van der Waals surface area contributed by atoms with Crippen LogP contribution < -0.4 is 11.1 Å². The molecule has 1 amide bonds. The van der Waals surface area contributed by atoms with Crippen LogP contribution in [-0.4, -0.2) is 49.3 Å². The number of amides is 1. The van der Waals surface area contributed by atoms with Gasteiger partial charge in [-0.3, -0.25) is 9.59 Å². The van der Waals surface area contributed by atoms with E-state index >= 15 is 0 Å². The molecule has 0 spiro atoms. The van der Waals surface area contributed by atoms with E-state index in [0.29, 0.717) is 25.2 Å². The third-order valence-electron chi connectivity index (χ3n) is 3.39. The van der Waals surface area contributed by atoms with E-state index < -0.39 is 6.04 Å². The molecule has 5 nitrogen and oxygen atoms in total.